The molecule has 0 aliphatic heterocycles. The quantitative estimate of drug-likeness (QED) is 0.597. The SMILES string of the molecule is CCC1(CC)CCCC(=O)C1. The molecule has 1 aliphatic carbocycles. The molecule has 0 aromatic rings. The molecule has 0 bridgehead atoms. The van der Waals surface area contributed by atoms with Crippen LogP contribution in [0.15, 0.2) is 0 Å². The third kappa shape index (κ3) is 1.82. The predicted octanol–water partition coefficient (Wildman–Crippen LogP) is 2.94. The number of ketones is 1. The zero-order chi connectivity index (χ0) is 8.32. The van der Waals surface area contributed by atoms with E-state index in [0.717, 1.165) is 19.3 Å². The van der Waals surface area contributed by atoms with Crippen molar-refractivity contribution < 1.29 is 4.79 Å². The van der Waals surface area contributed by atoms with E-state index in [4.69, 9.17) is 0 Å². The molecule has 0 unspecified atom stereocenters. The van der Waals surface area contributed by atoms with E-state index < -0.39 is 0 Å². The van der Waals surface area contributed by atoms with E-state index in [9.17, 15) is 4.79 Å². The van der Waals surface area contributed by atoms with Gasteiger partial charge in [-0.3, -0.25) is 4.79 Å². The van der Waals surface area contributed by atoms with E-state index in [1.807, 2.05) is 0 Å². The maximum Gasteiger partial charge on any atom is 0.133 e. The van der Waals surface area contributed by atoms with Crippen molar-refractivity contribution in [3.05, 3.63) is 0 Å². The predicted molar refractivity (Wildman–Crippen MR) is 46.5 cm³/mol. The fraction of sp³-hybridized carbons (Fsp3) is 0.900. The van der Waals surface area contributed by atoms with Gasteiger partial charge in [0.05, 0.1) is 0 Å². The second-order valence-corrected chi connectivity index (χ2v) is 3.78. The molecule has 1 rings (SSSR count). The highest BCUT2D eigenvalue weighted by atomic mass is 16.1. The van der Waals surface area contributed by atoms with Crippen LogP contribution < -0.4 is 0 Å². The Morgan fingerprint density at radius 1 is 1.36 bits per heavy atom. The highest BCUT2D eigenvalue weighted by Crippen LogP contribution is 2.40. The zero-order valence-corrected chi connectivity index (χ0v) is 7.65. The maximum absolute atomic E-state index is 11.2. The van der Waals surface area contributed by atoms with Crippen LogP contribution in [0.4, 0.5) is 0 Å². The van der Waals surface area contributed by atoms with Crippen LogP contribution in [-0.2, 0) is 4.79 Å². The van der Waals surface area contributed by atoms with Crippen molar-refractivity contribution in [3.63, 3.8) is 0 Å². The first-order chi connectivity index (χ1) is 5.22. The molecular formula is C10H18O. The van der Waals surface area contributed by atoms with Gasteiger partial charge in [0, 0.05) is 12.8 Å². The van der Waals surface area contributed by atoms with Crippen molar-refractivity contribution in [2.75, 3.05) is 0 Å². The van der Waals surface area contributed by atoms with E-state index in [2.05, 4.69) is 13.8 Å². The van der Waals surface area contributed by atoms with E-state index in [-0.39, 0.29) is 0 Å². The van der Waals surface area contributed by atoms with Gasteiger partial charge in [0.15, 0.2) is 0 Å². The van der Waals surface area contributed by atoms with Crippen LogP contribution in [0.2, 0.25) is 0 Å². The smallest absolute Gasteiger partial charge is 0.133 e. The standard InChI is InChI=1S/C10H18O/c1-3-10(4-2)7-5-6-9(11)8-10/h3-8H2,1-2H3. The highest BCUT2D eigenvalue weighted by Gasteiger charge is 2.31. The number of hydrogen-bond acceptors (Lipinski definition) is 1. The minimum absolute atomic E-state index is 0.384. The monoisotopic (exact) mass is 154 g/mol. The van der Waals surface area contributed by atoms with Gasteiger partial charge in [0.2, 0.25) is 0 Å². The third-order valence-electron chi connectivity index (χ3n) is 3.23. The molecule has 1 nitrogen and oxygen atoms in total. The molecule has 0 aromatic heterocycles. The minimum atomic E-state index is 0.384. The van der Waals surface area contributed by atoms with Gasteiger partial charge in [-0.15, -0.1) is 0 Å². The van der Waals surface area contributed by atoms with Crippen molar-refractivity contribution in [2.45, 2.75) is 52.4 Å². The second kappa shape index (κ2) is 3.38. The van der Waals surface area contributed by atoms with E-state index in [0.29, 0.717) is 11.2 Å². The molecule has 0 atom stereocenters. The summed E-state index contributed by atoms with van der Waals surface area (Å²) in [4.78, 5) is 11.2. The van der Waals surface area contributed by atoms with Crippen LogP contribution in [0.3, 0.4) is 0 Å². The van der Waals surface area contributed by atoms with Gasteiger partial charge in [-0.25, -0.2) is 0 Å². The van der Waals surface area contributed by atoms with Crippen molar-refractivity contribution in [1.82, 2.24) is 0 Å². The fourth-order valence-corrected chi connectivity index (χ4v) is 2.11. The lowest BCUT2D eigenvalue weighted by atomic mass is 9.70. The van der Waals surface area contributed by atoms with E-state index >= 15 is 0 Å². The van der Waals surface area contributed by atoms with Gasteiger partial charge >= 0.3 is 0 Å². The molecule has 1 saturated carbocycles. The average molecular weight is 154 g/mol. The van der Waals surface area contributed by atoms with Crippen LogP contribution >= 0.6 is 0 Å². The van der Waals surface area contributed by atoms with Gasteiger partial charge < -0.3 is 0 Å². The van der Waals surface area contributed by atoms with Gasteiger partial charge in [-0.2, -0.15) is 0 Å². The molecule has 11 heavy (non-hydrogen) atoms. The topological polar surface area (TPSA) is 17.1 Å². The summed E-state index contributed by atoms with van der Waals surface area (Å²) in [6.45, 7) is 4.42. The number of Topliss-reactive ketones (excluding diaryl/α,β-unsaturated/α-hetero) is 1. The van der Waals surface area contributed by atoms with Gasteiger partial charge in [-0.05, 0) is 18.3 Å². The zero-order valence-electron chi connectivity index (χ0n) is 7.65. The van der Waals surface area contributed by atoms with Gasteiger partial charge in [0.1, 0.15) is 5.78 Å². The second-order valence-electron chi connectivity index (χ2n) is 3.78. The summed E-state index contributed by atoms with van der Waals surface area (Å²) in [5.41, 5.74) is 0.384. The Morgan fingerprint density at radius 3 is 2.36 bits per heavy atom. The Bertz CT molecular complexity index is 145. The molecule has 64 valence electrons. The Balaban J connectivity index is 2.59. The van der Waals surface area contributed by atoms with Crippen molar-refractivity contribution in [1.29, 1.82) is 0 Å². The summed E-state index contributed by atoms with van der Waals surface area (Å²) >= 11 is 0. The molecule has 0 amide bonds. The summed E-state index contributed by atoms with van der Waals surface area (Å²) in [6, 6.07) is 0. The molecule has 0 spiro atoms. The van der Waals surface area contributed by atoms with Crippen molar-refractivity contribution in [2.24, 2.45) is 5.41 Å². The first-order valence-corrected chi connectivity index (χ1v) is 4.74. The fourth-order valence-electron chi connectivity index (χ4n) is 2.11. The molecule has 1 heteroatoms. The van der Waals surface area contributed by atoms with Gasteiger partial charge in [0.25, 0.3) is 0 Å². The molecule has 0 aromatic carbocycles. The molecule has 0 N–H and O–H groups in total. The third-order valence-corrected chi connectivity index (χ3v) is 3.23. The van der Waals surface area contributed by atoms with E-state index in [1.54, 1.807) is 0 Å². The molecular weight excluding hydrogens is 136 g/mol. The number of rotatable bonds is 2. The molecule has 0 heterocycles. The van der Waals surface area contributed by atoms with Crippen LogP contribution in [0.1, 0.15) is 52.4 Å². The van der Waals surface area contributed by atoms with Crippen LogP contribution in [-0.4, -0.2) is 5.78 Å². The van der Waals surface area contributed by atoms with Crippen LogP contribution in [0.25, 0.3) is 0 Å². The molecule has 0 radical (unpaired) electrons. The summed E-state index contributed by atoms with van der Waals surface area (Å²) in [7, 11) is 0. The maximum atomic E-state index is 11.2. The first-order valence-electron chi connectivity index (χ1n) is 4.74. The minimum Gasteiger partial charge on any atom is -0.300 e. The highest BCUT2D eigenvalue weighted by molar-refractivity contribution is 5.79. The lowest BCUT2D eigenvalue weighted by Crippen LogP contribution is -2.27. The first kappa shape index (κ1) is 8.76. The van der Waals surface area contributed by atoms with Crippen molar-refractivity contribution >= 4 is 5.78 Å². The number of hydrogen-bond donors (Lipinski definition) is 0. The summed E-state index contributed by atoms with van der Waals surface area (Å²) < 4.78 is 0. The van der Waals surface area contributed by atoms with Gasteiger partial charge in [-0.1, -0.05) is 26.7 Å². The largest absolute Gasteiger partial charge is 0.300 e. The molecule has 0 saturated heterocycles. The Morgan fingerprint density at radius 2 is 2.00 bits per heavy atom. The average Bonchev–Trinajstić information content (AvgIpc) is 2.04. The normalized spacial score (nSPS) is 23.6. The van der Waals surface area contributed by atoms with Crippen LogP contribution in [0.5, 0.6) is 0 Å². The Labute approximate surface area is 69.2 Å². The summed E-state index contributed by atoms with van der Waals surface area (Å²) in [5, 5.41) is 0. The number of carbonyl (C=O) groups excluding carboxylic acids is 1. The lowest BCUT2D eigenvalue weighted by Gasteiger charge is -2.34. The molecule has 1 aliphatic rings. The van der Waals surface area contributed by atoms with Crippen LogP contribution in [0, 0.1) is 5.41 Å². The number of carbonyl (C=O) groups is 1. The summed E-state index contributed by atoms with van der Waals surface area (Å²) in [6.07, 6.45) is 6.43. The van der Waals surface area contributed by atoms with E-state index in [1.165, 1.54) is 19.3 Å². The lowest BCUT2D eigenvalue weighted by molar-refractivity contribution is -0.123. The Hall–Kier alpha value is -0.330. The van der Waals surface area contributed by atoms with Crippen molar-refractivity contribution in [3.8, 4) is 0 Å². The molecule has 1 fully saturated rings. The Kier molecular flexibility index (Phi) is 2.69. The summed E-state index contributed by atoms with van der Waals surface area (Å²) in [5.74, 6) is 0.486.